The molecule has 0 saturated carbocycles. The molecule has 4 rings (SSSR count). The van der Waals surface area contributed by atoms with E-state index in [4.69, 9.17) is 30.2 Å². The van der Waals surface area contributed by atoms with Gasteiger partial charge in [0.25, 0.3) is 5.56 Å². The Morgan fingerprint density at radius 2 is 2.21 bits per heavy atom. The smallest absolute Gasteiger partial charge is 0.342 e. The Balaban J connectivity index is 1.82. The molecule has 0 radical (unpaired) electrons. The lowest BCUT2D eigenvalue weighted by Gasteiger charge is -2.21. The zero-order chi connectivity index (χ0) is 19.8. The van der Waals surface area contributed by atoms with Gasteiger partial charge in [0.05, 0.1) is 19.8 Å². The molecule has 3 heterocycles. The molecule has 0 saturated heterocycles. The van der Waals surface area contributed by atoms with Crippen LogP contribution in [0.15, 0.2) is 27.7 Å². The number of benzene rings is 1. The summed E-state index contributed by atoms with van der Waals surface area (Å²) in [7, 11) is 0. The summed E-state index contributed by atoms with van der Waals surface area (Å²) < 4.78 is 22.8. The molecule has 2 aromatic heterocycles. The van der Waals surface area contributed by atoms with E-state index in [2.05, 4.69) is 4.98 Å². The Hall–Kier alpha value is -2.84. The molecule has 0 spiro atoms. The van der Waals surface area contributed by atoms with E-state index in [0.29, 0.717) is 22.9 Å². The number of aromatic nitrogens is 2. The van der Waals surface area contributed by atoms with Crippen LogP contribution in [0.5, 0.6) is 5.75 Å². The van der Waals surface area contributed by atoms with Gasteiger partial charge in [-0.3, -0.25) is 9.36 Å². The highest BCUT2D eigenvalue weighted by Crippen LogP contribution is 2.32. The van der Waals surface area contributed by atoms with Crippen molar-refractivity contribution in [2.75, 3.05) is 13.4 Å². The largest absolute Gasteiger partial charge is 0.467 e. The van der Waals surface area contributed by atoms with Crippen LogP contribution in [-0.4, -0.2) is 28.9 Å². The standard InChI is InChI=1S/C19H17ClN2O6/c1-3-26-19(24)14-10(2)28-17-15(14)18(23)22(8-21-17)6-11-4-13(20)5-12-7-25-9-27-16(11)12/h4-5,8H,3,6-7,9H2,1-2H3. The lowest BCUT2D eigenvalue weighted by molar-refractivity contribution is -0.0170. The molecule has 0 aliphatic carbocycles. The number of aryl methyl sites for hydroxylation is 1. The van der Waals surface area contributed by atoms with E-state index in [1.807, 2.05) is 0 Å². The van der Waals surface area contributed by atoms with Gasteiger partial charge in [-0.1, -0.05) is 11.6 Å². The molecule has 1 aliphatic heterocycles. The van der Waals surface area contributed by atoms with Gasteiger partial charge in [-0.05, 0) is 26.0 Å². The van der Waals surface area contributed by atoms with Gasteiger partial charge >= 0.3 is 5.97 Å². The number of furan rings is 1. The maximum absolute atomic E-state index is 13.1. The minimum atomic E-state index is -0.615. The maximum atomic E-state index is 13.1. The quantitative estimate of drug-likeness (QED) is 0.617. The first-order chi connectivity index (χ1) is 13.5. The van der Waals surface area contributed by atoms with Gasteiger partial charge in [-0.15, -0.1) is 0 Å². The Morgan fingerprint density at radius 1 is 1.39 bits per heavy atom. The lowest BCUT2D eigenvalue weighted by Crippen LogP contribution is -2.23. The van der Waals surface area contributed by atoms with E-state index in [1.165, 1.54) is 10.9 Å². The number of nitrogens with zero attached hydrogens (tertiary/aromatic N) is 2. The number of carbonyl (C=O) groups is 1. The third-order valence-corrected chi connectivity index (χ3v) is 4.64. The molecule has 1 aromatic carbocycles. The second kappa shape index (κ2) is 7.29. The molecule has 0 unspecified atom stereocenters. The fraction of sp³-hybridized carbons (Fsp3) is 0.316. The Morgan fingerprint density at radius 3 is 3.00 bits per heavy atom. The van der Waals surface area contributed by atoms with Crippen LogP contribution in [0.3, 0.4) is 0 Å². The van der Waals surface area contributed by atoms with Crippen LogP contribution >= 0.6 is 11.6 Å². The monoisotopic (exact) mass is 404 g/mol. The van der Waals surface area contributed by atoms with Crippen molar-refractivity contribution in [3.63, 3.8) is 0 Å². The third kappa shape index (κ3) is 3.14. The molecular weight excluding hydrogens is 388 g/mol. The van der Waals surface area contributed by atoms with E-state index in [9.17, 15) is 9.59 Å². The van der Waals surface area contributed by atoms with Gasteiger partial charge in [0, 0.05) is 16.1 Å². The van der Waals surface area contributed by atoms with Gasteiger partial charge in [0.1, 0.15) is 28.8 Å². The van der Waals surface area contributed by atoms with E-state index in [-0.39, 0.29) is 42.4 Å². The topological polar surface area (TPSA) is 92.8 Å². The number of hydrogen-bond donors (Lipinski definition) is 0. The summed E-state index contributed by atoms with van der Waals surface area (Å²) in [5, 5.41) is 0.606. The summed E-state index contributed by atoms with van der Waals surface area (Å²) in [5.41, 5.74) is 1.31. The summed E-state index contributed by atoms with van der Waals surface area (Å²) in [4.78, 5) is 29.6. The second-order valence-electron chi connectivity index (χ2n) is 6.28. The van der Waals surface area contributed by atoms with Crippen molar-refractivity contribution < 1.29 is 23.4 Å². The van der Waals surface area contributed by atoms with Crippen molar-refractivity contribution in [1.29, 1.82) is 0 Å². The van der Waals surface area contributed by atoms with Gasteiger partial charge in [-0.25, -0.2) is 9.78 Å². The molecule has 3 aromatic rings. The maximum Gasteiger partial charge on any atom is 0.342 e. The van der Waals surface area contributed by atoms with Gasteiger partial charge < -0.3 is 18.6 Å². The Bertz CT molecular complexity index is 1130. The van der Waals surface area contributed by atoms with Crippen LogP contribution in [0.4, 0.5) is 0 Å². The SMILES string of the molecule is CCOC(=O)c1c(C)oc2ncn(Cc3cc(Cl)cc4c3OCOC4)c(=O)c12. The summed E-state index contributed by atoms with van der Waals surface area (Å²) >= 11 is 6.20. The molecule has 0 bridgehead atoms. The fourth-order valence-corrected chi connectivity index (χ4v) is 3.52. The number of rotatable bonds is 4. The molecule has 0 atom stereocenters. The summed E-state index contributed by atoms with van der Waals surface area (Å²) in [6.07, 6.45) is 1.37. The van der Waals surface area contributed by atoms with Crippen molar-refractivity contribution in [3.05, 3.63) is 56.3 Å². The zero-order valence-corrected chi connectivity index (χ0v) is 16.0. The van der Waals surface area contributed by atoms with Crippen LogP contribution < -0.4 is 10.3 Å². The third-order valence-electron chi connectivity index (χ3n) is 4.43. The summed E-state index contributed by atoms with van der Waals surface area (Å²) in [6, 6.07) is 3.50. The van der Waals surface area contributed by atoms with Crippen molar-refractivity contribution >= 4 is 28.7 Å². The predicted octanol–water partition coefficient (Wildman–Crippen LogP) is 3.04. The van der Waals surface area contributed by atoms with Crippen LogP contribution in [0, 0.1) is 6.92 Å². The fourth-order valence-electron chi connectivity index (χ4n) is 3.26. The number of halogens is 1. The predicted molar refractivity (Wildman–Crippen MR) is 99.8 cm³/mol. The molecule has 0 N–H and O–H groups in total. The highest BCUT2D eigenvalue weighted by Gasteiger charge is 2.24. The molecule has 146 valence electrons. The number of carbonyl (C=O) groups excluding carboxylic acids is 1. The van der Waals surface area contributed by atoms with Gasteiger partial charge in [0.15, 0.2) is 6.79 Å². The minimum absolute atomic E-state index is 0.0959. The van der Waals surface area contributed by atoms with Gasteiger partial charge in [-0.2, -0.15) is 0 Å². The molecule has 0 amide bonds. The van der Waals surface area contributed by atoms with Crippen molar-refractivity contribution in [1.82, 2.24) is 9.55 Å². The average Bonchev–Trinajstić information content (AvgIpc) is 3.01. The van der Waals surface area contributed by atoms with E-state index in [0.717, 1.165) is 5.56 Å². The Kier molecular flexibility index (Phi) is 4.82. The molecule has 1 aliphatic rings. The second-order valence-corrected chi connectivity index (χ2v) is 6.71. The van der Waals surface area contributed by atoms with E-state index >= 15 is 0 Å². The minimum Gasteiger partial charge on any atom is -0.467 e. The highest BCUT2D eigenvalue weighted by molar-refractivity contribution is 6.30. The molecule has 0 fully saturated rings. The van der Waals surface area contributed by atoms with Crippen LogP contribution in [0.25, 0.3) is 11.1 Å². The Labute approximate surface area is 164 Å². The molecule has 8 nitrogen and oxygen atoms in total. The zero-order valence-electron chi connectivity index (χ0n) is 15.3. The van der Waals surface area contributed by atoms with E-state index < -0.39 is 11.5 Å². The van der Waals surface area contributed by atoms with Crippen LogP contribution in [0.2, 0.25) is 5.02 Å². The van der Waals surface area contributed by atoms with Crippen LogP contribution in [-0.2, 0) is 22.6 Å². The lowest BCUT2D eigenvalue weighted by atomic mass is 10.1. The van der Waals surface area contributed by atoms with Crippen LogP contribution in [0.1, 0.15) is 34.2 Å². The number of hydrogen-bond acceptors (Lipinski definition) is 7. The number of fused-ring (bicyclic) bond motifs is 2. The molecule has 9 heteroatoms. The normalized spacial score (nSPS) is 13.2. The first-order valence-corrected chi connectivity index (χ1v) is 9.05. The first kappa shape index (κ1) is 18.5. The average molecular weight is 405 g/mol. The molecule has 28 heavy (non-hydrogen) atoms. The first-order valence-electron chi connectivity index (χ1n) is 8.67. The number of ether oxygens (including phenoxy) is 3. The highest BCUT2D eigenvalue weighted by atomic mass is 35.5. The van der Waals surface area contributed by atoms with E-state index in [1.54, 1.807) is 26.0 Å². The van der Waals surface area contributed by atoms with Crippen molar-refractivity contribution in [3.8, 4) is 5.75 Å². The van der Waals surface area contributed by atoms with Gasteiger partial charge in [0.2, 0.25) is 5.71 Å². The summed E-state index contributed by atoms with van der Waals surface area (Å²) in [6.45, 7) is 4.15. The van der Waals surface area contributed by atoms with Crippen molar-refractivity contribution in [2.24, 2.45) is 0 Å². The summed E-state index contributed by atoms with van der Waals surface area (Å²) in [5.74, 6) is 0.309. The molecular formula is C19H17ClN2O6. The number of esters is 1. The van der Waals surface area contributed by atoms with Crippen molar-refractivity contribution in [2.45, 2.75) is 27.0 Å².